The number of benzene rings is 2. The summed E-state index contributed by atoms with van der Waals surface area (Å²) in [7, 11) is 2.02. The van der Waals surface area contributed by atoms with Gasteiger partial charge in [0, 0.05) is 13.6 Å². The number of nitrogens with zero attached hydrogens (tertiary/aromatic N) is 2. The normalized spacial score (nSPS) is 9.86. The zero-order valence-corrected chi connectivity index (χ0v) is 16.2. The monoisotopic (exact) mass is 397 g/mol. The van der Waals surface area contributed by atoms with E-state index in [0.717, 1.165) is 29.5 Å². The molecule has 0 saturated carbocycles. The number of rotatable bonds is 6. The molecule has 0 amide bonds. The second-order valence-corrected chi connectivity index (χ2v) is 5.93. The van der Waals surface area contributed by atoms with Crippen molar-refractivity contribution in [1.29, 1.82) is 0 Å². The fraction of sp³-hybridized carbons (Fsp3) is 0.190. The number of aliphatic carboxylic acids is 2. The molecule has 2 aromatic carbocycles. The van der Waals surface area contributed by atoms with Gasteiger partial charge in [0.1, 0.15) is 5.75 Å². The number of ether oxygens (including phenoxy) is 1. The van der Waals surface area contributed by atoms with E-state index in [1.54, 1.807) is 0 Å². The van der Waals surface area contributed by atoms with Crippen LogP contribution in [-0.2, 0) is 23.2 Å². The lowest BCUT2D eigenvalue weighted by atomic mass is 10.2. The van der Waals surface area contributed by atoms with Crippen LogP contribution in [0, 0.1) is 0 Å². The van der Waals surface area contributed by atoms with Gasteiger partial charge in [0.2, 0.25) is 5.95 Å². The minimum absolute atomic E-state index is 0.688. The van der Waals surface area contributed by atoms with Crippen LogP contribution in [0.4, 0.5) is 5.95 Å². The number of hydrogen-bond donors (Lipinski definition) is 3. The average molecular weight is 397 g/mol. The third kappa shape index (κ3) is 6.39. The third-order valence-corrected chi connectivity index (χ3v) is 3.93. The Morgan fingerprint density at radius 1 is 1.03 bits per heavy atom. The standard InChI is InChI=1S/C19H21N3O.C2H2O4/c1-3-23-17-11-9-15(10-12-17)13-20-19-21-14-18(22(19)2)16-7-5-4-6-8-16;3-1(4)2(5)6/h4-12,14H,3,13H2,1-2H3,(H,20,21);(H,3,4)(H,5,6). The predicted octanol–water partition coefficient (Wildman–Crippen LogP) is 3.25. The predicted molar refractivity (Wildman–Crippen MR) is 109 cm³/mol. The summed E-state index contributed by atoms with van der Waals surface area (Å²) in [5.41, 5.74) is 3.45. The first kappa shape index (κ1) is 21.5. The summed E-state index contributed by atoms with van der Waals surface area (Å²) in [5.74, 6) is -1.89. The molecule has 29 heavy (non-hydrogen) atoms. The molecule has 0 saturated heterocycles. The maximum absolute atomic E-state index is 9.10. The molecule has 1 heterocycles. The van der Waals surface area contributed by atoms with Crippen molar-refractivity contribution in [3.8, 4) is 17.0 Å². The average Bonchev–Trinajstić information content (AvgIpc) is 3.09. The molecule has 0 unspecified atom stereocenters. The first-order valence-corrected chi connectivity index (χ1v) is 8.91. The van der Waals surface area contributed by atoms with Gasteiger partial charge in [-0.1, -0.05) is 42.5 Å². The summed E-state index contributed by atoms with van der Waals surface area (Å²) in [6, 6.07) is 18.4. The lowest BCUT2D eigenvalue weighted by molar-refractivity contribution is -0.159. The van der Waals surface area contributed by atoms with Crippen LogP contribution in [0.1, 0.15) is 12.5 Å². The summed E-state index contributed by atoms with van der Waals surface area (Å²) in [6.45, 7) is 3.40. The minimum atomic E-state index is -1.82. The Morgan fingerprint density at radius 2 is 1.66 bits per heavy atom. The van der Waals surface area contributed by atoms with Crippen molar-refractivity contribution >= 4 is 17.9 Å². The molecule has 1 aromatic heterocycles. The number of imidazole rings is 1. The van der Waals surface area contributed by atoms with Gasteiger partial charge >= 0.3 is 11.9 Å². The molecule has 8 heteroatoms. The lowest BCUT2D eigenvalue weighted by Gasteiger charge is -2.09. The van der Waals surface area contributed by atoms with Gasteiger partial charge in [-0.15, -0.1) is 0 Å². The van der Waals surface area contributed by atoms with Crippen molar-refractivity contribution < 1.29 is 24.5 Å². The molecule has 3 rings (SSSR count). The fourth-order valence-electron chi connectivity index (χ4n) is 2.50. The van der Waals surface area contributed by atoms with E-state index < -0.39 is 11.9 Å². The summed E-state index contributed by atoms with van der Waals surface area (Å²) >= 11 is 0. The molecule has 0 atom stereocenters. The number of aromatic nitrogens is 2. The minimum Gasteiger partial charge on any atom is -0.494 e. The maximum Gasteiger partial charge on any atom is 0.414 e. The molecule has 0 fully saturated rings. The van der Waals surface area contributed by atoms with E-state index in [0.29, 0.717) is 6.61 Å². The van der Waals surface area contributed by atoms with Gasteiger partial charge in [-0.2, -0.15) is 0 Å². The van der Waals surface area contributed by atoms with Crippen molar-refractivity contribution in [2.24, 2.45) is 7.05 Å². The first-order chi connectivity index (χ1) is 13.9. The molecular formula is C21H23N3O5. The summed E-state index contributed by atoms with van der Waals surface area (Å²) in [5, 5.41) is 18.2. The van der Waals surface area contributed by atoms with E-state index in [9.17, 15) is 0 Å². The molecular weight excluding hydrogens is 374 g/mol. The van der Waals surface area contributed by atoms with Crippen LogP contribution >= 0.6 is 0 Å². The van der Waals surface area contributed by atoms with E-state index >= 15 is 0 Å². The van der Waals surface area contributed by atoms with Gasteiger partial charge in [-0.3, -0.25) is 0 Å². The summed E-state index contributed by atoms with van der Waals surface area (Å²) < 4.78 is 7.53. The van der Waals surface area contributed by atoms with Gasteiger partial charge in [0.25, 0.3) is 0 Å². The van der Waals surface area contributed by atoms with Crippen molar-refractivity contribution in [1.82, 2.24) is 9.55 Å². The van der Waals surface area contributed by atoms with E-state index in [2.05, 4.69) is 39.1 Å². The van der Waals surface area contributed by atoms with Crippen molar-refractivity contribution in [3.63, 3.8) is 0 Å². The molecule has 152 valence electrons. The molecule has 3 N–H and O–H groups in total. The number of nitrogens with one attached hydrogen (secondary N) is 1. The van der Waals surface area contributed by atoms with Crippen molar-refractivity contribution in [2.75, 3.05) is 11.9 Å². The maximum atomic E-state index is 9.10. The highest BCUT2D eigenvalue weighted by atomic mass is 16.5. The number of anilines is 1. The fourth-order valence-corrected chi connectivity index (χ4v) is 2.50. The number of hydrogen-bond acceptors (Lipinski definition) is 5. The Kier molecular flexibility index (Phi) is 7.78. The zero-order valence-electron chi connectivity index (χ0n) is 16.2. The molecule has 3 aromatic rings. The molecule has 0 bridgehead atoms. The SMILES string of the molecule is CCOc1ccc(CNc2ncc(-c3ccccc3)n2C)cc1.O=C(O)C(=O)O. The van der Waals surface area contributed by atoms with E-state index in [-0.39, 0.29) is 0 Å². The van der Waals surface area contributed by atoms with Gasteiger partial charge in [-0.25, -0.2) is 14.6 Å². The van der Waals surface area contributed by atoms with Crippen molar-refractivity contribution in [3.05, 3.63) is 66.4 Å². The number of carbonyl (C=O) groups is 2. The molecule has 8 nitrogen and oxygen atoms in total. The Bertz CT molecular complexity index is 925. The Hall–Kier alpha value is -3.81. The molecule has 0 aliphatic rings. The summed E-state index contributed by atoms with van der Waals surface area (Å²) in [4.78, 5) is 22.7. The topological polar surface area (TPSA) is 114 Å². The second kappa shape index (κ2) is 10.5. The number of carboxylic acid groups (broad SMARTS) is 2. The zero-order chi connectivity index (χ0) is 21.2. The highest BCUT2D eigenvalue weighted by Gasteiger charge is 2.08. The van der Waals surface area contributed by atoms with Crippen LogP contribution in [0.2, 0.25) is 0 Å². The van der Waals surface area contributed by atoms with Gasteiger partial charge in [0.15, 0.2) is 0 Å². The Balaban J connectivity index is 0.000000438. The van der Waals surface area contributed by atoms with Crippen LogP contribution in [-0.4, -0.2) is 38.3 Å². The van der Waals surface area contributed by atoms with Crippen LogP contribution in [0.5, 0.6) is 5.75 Å². The van der Waals surface area contributed by atoms with E-state index in [1.807, 2.05) is 50.5 Å². The Labute approximate surface area is 168 Å². The lowest BCUT2D eigenvalue weighted by Crippen LogP contribution is -2.09. The number of carboxylic acids is 2. The molecule has 0 aliphatic heterocycles. The van der Waals surface area contributed by atoms with Gasteiger partial charge in [-0.05, 0) is 30.2 Å². The summed E-state index contributed by atoms with van der Waals surface area (Å²) in [6.07, 6.45) is 1.90. The molecule has 0 spiro atoms. The van der Waals surface area contributed by atoms with Crippen LogP contribution < -0.4 is 10.1 Å². The van der Waals surface area contributed by atoms with E-state index in [1.165, 1.54) is 5.56 Å². The van der Waals surface area contributed by atoms with Crippen LogP contribution in [0.15, 0.2) is 60.8 Å². The molecule has 0 radical (unpaired) electrons. The van der Waals surface area contributed by atoms with Crippen molar-refractivity contribution in [2.45, 2.75) is 13.5 Å². The highest BCUT2D eigenvalue weighted by Crippen LogP contribution is 2.22. The third-order valence-electron chi connectivity index (χ3n) is 3.93. The molecule has 0 aliphatic carbocycles. The Morgan fingerprint density at radius 3 is 2.21 bits per heavy atom. The van der Waals surface area contributed by atoms with Crippen LogP contribution in [0.25, 0.3) is 11.3 Å². The van der Waals surface area contributed by atoms with Gasteiger partial charge in [0.05, 0.1) is 18.5 Å². The highest BCUT2D eigenvalue weighted by molar-refractivity contribution is 6.27. The first-order valence-electron chi connectivity index (χ1n) is 8.91. The van der Waals surface area contributed by atoms with Crippen LogP contribution in [0.3, 0.4) is 0 Å². The smallest absolute Gasteiger partial charge is 0.414 e. The van der Waals surface area contributed by atoms with E-state index in [4.69, 9.17) is 24.5 Å². The second-order valence-electron chi connectivity index (χ2n) is 5.93. The van der Waals surface area contributed by atoms with Gasteiger partial charge < -0.3 is 24.8 Å². The largest absolute Gasteiger partial charge is 0.494 e. The quantitative estimate of drug-likeness (QED) is 0.547.